The maximum absolute atomic E-state index is 4.78. The largest absolute Gasteiger partial charge is 0.336 e. The van der Waals surface area contributed by atoms with E-state index in [0.29, 0.717) is 0 Å². The van der Waals surface area contributed by atoms with Crippen molar-refractivity contribution in [1.29, 1.82) is 0 Å². The Kier molecular flexibility index (Phi) is 3.48. The van der Waals surface area contributed by atoms with Gasteiger partial charge in [-0.25, -0.2) is 4.98 Å². The lowest BCUT2D eigenvalue weighted by Gasteiger charge is -2.17. The van der Waals surface area contributed by atoms with Crippen molar-refractivity contribution >= 4 is 10.9 Å². The fraction of sp³-hybridized carbons (Fsp3) is 0.250. The Morgan fingerprint density at radius 2 is 2.05 bits per heavy atom. The van der Waals surface area contributed by atoms with Crippen molar-refractivity contribution < 1.29 is 0 Å². The summed E-state index contributed by atoms with van der Waals surface area (Å²) in [6.45, 7) is 2.96. The van der Waals surface area contributed by atoms with Crippen molar-refractivity contribution in [3.8, 4) is 0 Å². The summed E-state index contributed by atoms with van der Waals surface area (Å²) in [6.07, 6.45) is 3.78. The van der Waals surface area contributed by atoms with Gasteiger partial charge in [0.15, 0.2) is 0 Å². The third-order valence-corrected chi connectivity index (χ3v) is 3.44. The molecule has 0 saturated heterocycles. The van der Waals surface area contributed by atoms with E-state index in [1.54, 1.807) is 0 Å². The Morgan fingerprint density at radius 3 is 2.80 bits per heavy atom. The zero-order valence-corrected chi connectivity index (χ0v) is 11.7. The van der Waals surface area contributed by atoms with Crippen LogP contribution in [-0.4, -0.2) is 21.1 Å². The van der Waals surface area contributed by atoms with Crippen LogP contribution < -0.4 is 5.32 Å². The first-order valence-electron chi connectivity index (χ1n) is 6.86. The Balaban J connectivity index is 2.07. The highest BCUT2D eigenvalue weighted by atomic mass is 15.1. The second kappa shape index (κ2) is 5.43. The summed E-state index contributed by atoms with van der Waals surface area (Å²) in [4.78, 5) is 9.23. The van der Waals surface area contributed by atoms with Gasteiger partial charge in [0.2, 0.25) is 0 Å². The maximum atomic E-state index is 4.78. The van der Waals surface area contributed by atoms with Crippen LogP contribution in [0.3, 0.4) is 0 Å². The van der Waals surface area contributed by atoms with Crippen LogP contribution in [-0.2, 0) is 7.05 Å². The lowest BCUT2D eigenvalue weighted by molar-refractivity contribution is 0.566. The summed E-state index contributed by atoms with van der Waals surface area (Å²) in [7, 11) is 2.01. The minimum atomic E-state index is 0.0182. The minimum Gasteiger partial charge on any atom is -0.336 e. The van der Waals surface area contributed by atoms with Gasteiger partial charge in [0.05, 0.1) is 11.2 Å². The molecule has 3 aromatic rings. The molecule has 0 fully saturated rings. The van der Waals surface area contributed by atoms with Gasteiger partial charge in [-0.05, 0) is 18.7 Å². The van der Waals surface area contributed by atoms with Crippen LogP contribution >= 0.6 is 0 Å². The zero-order chi connectivity index (χ0) is 13.9. The van der Waals surface area contributed by atoms with E-state index in [-0.39, 0.29) is 6.04 Å². The molecular formula is C16H18N4. The van der Waals surface area contributed by atoms with Crippen LogP contribution in [0, 0.1) is 0 Å². The fourth-order valence-electron chi connectivity index (χ4n) is 2.43. The van der Waals surface area contributed by atoms with E-state index in [1.165, 1.54) is 0 Å². The molecule has 0 spiro atoms. The van der Waals surface area contributed by atoms with Gasteiger partial charge in [-0.3, -0.25) is 4.98 Å². The van der Waals surface area contributed by atoms with Gasteiger partial charge in [-0.1, -0.05) is 31.2 Å². The van der Waals surface area contributed by atoms with Crippen molar-refractivity contribution in [3.05, 3.63) is 60.3 Å². The molecule has 1 unspecified atom stereocenters. The molecule has 0 aliphatic carbocycles. The van der Waals surface area contributed by atoms with Crippen LogP contribution in [0.1, 0.15) is 24.5 Å². The van der Waals surface area contributed by atoms with E-state index in [1.807, 2.05) is 42.2 Å². The Hall–Kier alpha value is -2.20. The first kappa shape index (κ1) is 12.8. The molecule has 1 aromatic carbocycles. The molecule has 1 N–H and O–H groups in total. The van der Waals surface area contributed by atoms with Gasteiger partial charge >= 0.3 is 0 Å². The number of imidazole rings is 1. The molecular weight excluding hydrogens is 248 g/mol. The Morgan fingerprint density at radius 1 is 1.20 bits per heavy atom. The Labute approximate surface area is 118 Å². The monoisotopic (exact) mass is 266 g/mol. The number of hydrogen-bond acceptors (Lipinski definition) is 3. The third-order valence-electron chi connectivity index (χ3n) is 3.44. The van der Waals surface area contributed by atoms with Crippen molar-refractivity contribution in [3.63, 3.8) is 0 Å². The zero-order valence-electron chi connectivity index (χ0n) is 11.7. The summed E-state index contributed by atoms with van der Waals surface area (Å²) in [5.41, 5.74) is 2.02. The number of pyridine rings is 1. The van der Waals surface area contributed by atoms with E-state index in [0.717, 1.165) is 29.0 Å². The normalized spacial score (nSPS) is 12.7. The molecule has 3 rings (SSSR count). The molecule has 4 heteroatoms. The fourth-order valence-corrected chi connectivity index (χ4v) is 2.43. The molecule has 2 aromatic heterocycles. The Bertz CT molecular complexity index is 717. The molecule has 2 heterocycles. The van der Waals surface area contributed by atoms with Gasteiger partial charge in [0.25, 0.3) is 0 Å². The second-order valence-corrected chi connectivity index (χ2v) is 4.82. The van der Waals surface area contributed by atoms with Gasteiger partial charge < -0.3 is 9.88 Å². The summed E-state index contributed by atoms with van der Waals surface area (Å²) < 4.78 is 2.03. The molecule has 0 radical (unpaired) electrons. The second-order valence-electron chi connectivity index (χ2n) is 4.82. The highest BCUT2D eigenvalue weighted by Crippen LogP contribution is 2.21. The molecule has 0 bridgehead atoms. The number of aryl methyl sites for hydroxylation is 1. The topological polar surface area (TPSA) is 42.7 Å². The van der Waals surface area contributed by atoms with E-state index >= 15 is 0 Å². The lowest BCUT2D eigenvalue weighted by Crippen LogP contribution is -2.25. The summed E-state index contributed by atoms with van der Waals surface area (Å²) in [5, 5.41) is 4.62. The average Bonchev–Trinajstić information content (AvgIpc) is 2.90. The first-order chi connectivity index (χ1) is 9.79. The SMILES string of the molecule is CCNC(c1ccc2ccccc2n1)c1nccn1C. The van der Waals surface area contributed by atoms with Crippen molar-refractivity contribution in [2.24, 2.45) is 7.05 Å². The van der Waals surface area contributed by atoms with E-state index < -0.39 is 0 Å². The van der Waals surface area contributed by atoms with Crippen molar-refractivity contribution in [1.82, 2.24) is 19.9 Å². The van der Waals surface area contributed by atoms with Crippen LogP contribution in [0.4, 0.5) is 0 Å². The highest BCUT2D eigenvalue weighted by Gasteiger charge is 2.18. The van der Waals surface area contributed by atoms with Gasteiger partial charge in [-0.15, -0.1) is 0 Å². The van der Waals surface area contributed by atoms with Crippen molar-refractivity contribution in [2.45, 2.75) is 13.0 Å². The highest BCUT2D eigenvalue weighted by molar-refractivity contribution is 5.78. The van der Waals surface area contributed by atoms with E-state index in [9.17, 15) is 0 Å². The van der Waals surface area contributed by atoms with Crippen LogP contribution in [0.2, 0.25) is 0 Å². The number of rotatable bonds is 4. The summed E-state index contributed by atoms with van der Waals surface area (Å²) in [5.74, 6) is 0.981. The minimum absolute atomic E-state index is 0.0182. The molecule has 20 heavy (non-hydrogen) atoms. The van der Waals surface area contributed by atoms with Crippen molar-refractivity contribution in [2.75, 3.05) is 6.54 Å². The summed E-state index contributed by atoms with van der Waals surface area (Å²) >= 11 is 0. The lowest BCUT2D eigenvalue weighted by atomic mass is 10.1. The molecule has 0 saturated carbocycles. The van der Waals surface area contributed by atoms with E-state index in [2.05, 4.69) is 35.4 Å². The smallest absolute Gasteiger partial charge is 0.131 e. The number of para-hydroxylation sites is 1. The van der Waals surface area contributed by atoms with Crippen LogP contribution in [0.15, 0.2) is 48.8 Å². The predicted molar refractivity (Wildman–Crippen MR) is 80.5 cm³/mol. The third kappa shape index (κ3) is 2.30. The van der Waals surface area contributed by atoms with E-state index in [4.69, 9.17) is 4.98 Å². The maximum Gasteiger partial charge on any atom is 0.131 e. The molecule has 0 aliphatic heterocycles. The standard InChI is InChI=1S/C16H18N4/c1-3-17-15(16-18-10-11-20(16)2)14-9-8-12-6-4-5-7-13(12)19-14/h4-11,15,17H,3H2,1-2H3. The number of fused-ring (bicyclic) bond motifs is 1. The van der Waals surface area contributed by atoms with Crippen LogP contribution in [0.25, 0.3) is 10.9 Å². The summed E-state index contributed by atoms with van der Waals surface area (Å²) in [6, 6.07) is 12.4. The van der Waals surface area contributed by atoms with Gasteiger partial charge in [-0.2, -0.15) is 0 Å². The molecule has 4 nitrogen and oxygen atoms in total. The van der Waals surface area contributed by atoms with Crippen LogP contribution in [0.5, 0.6) is 0 Å². The predicted octanol–water partition coefficient (Wildman–Crippen LogP) is 2.67. The average molecular weight is 266 g/mol. The molecule has 0 amide bonds. The first-order valence-corrected chi connectivity index (χ1v) is 6.86. The number of benzene rings is 1. The van der Waals surface area contributed by atoms with Gasteiger partial charge in [0.1, 0.15) is 11.9 Å². The number of nitrogens with zero attached hydrogens (tertiary/aromatic N) is 3. The molecule has 1 atom stereocenters. The molecule has 102 valence electrons. The number of hydrogen-bond donors (Lipinski definition) is 1. The number of nitrogens with one attached hydrogen (secondary N) is 1. The number of aromatic nitrogens is 3. The van der Waals surface area contributed by atoms with Gasteiger partial charge in [0, 0.05) is 24.8 Å². The quantitative estimate of drug-likeness (QED) is 0.789. The molecule has 0 aliphatic rings.